The smallest absolute Gasteiger partial charge is 0.244 e. The molecule has 1 aliphatic rings. The van der Waals surface area contributed by atoms with Gasteiger partial charge >= 0.3 is 0 Å². The molecule has 7 nitrogen and oxygen atoms in total. The molecule has 0 bridgehead atoms. The second-order valence-corrected chi connectivity index (χ2v) is 4.43. The molecule has 1 atom stereocenters. The van der Waals surface area contributed by atoms with Gasteiger partial charge in [0.05, 0.1) is 0 Å². The zero-order valence-electron chi connectivity index (χ0n) is 10.4. The molecule has 1 aromatic heterocycles. The minimum Gasteiger partial charge on any atom is -0.383 e. The van der Waals surface area contributed by atoms with Crippen molar-refractivity contribution in [3.63, 3.8) is 0 Å². The number of likely N-dealkylation sites (tertiary alicyclic amines) is 1. The maximum absolute atomic E-state index is 12.1. The summed E-state index contributed by atoms with van der Waals surface area (Å²) in [5, 5.41) is 3.00. The molecule has 1 unspecified atom stereocenters. The third-order valence-corrected chi connectivity index (χ3v) is 2.92. The molecule has 0 aliphatic carbocycles. The summed E-state index contributed by atoms with van der Waals surface area (Å²) in [6, 6.07) is 1.21. The maximum Gasteiger partial charge on any atom is 0.244 e. The Bertz CT molecular complexity index is 423. The molecule has 98 valence electrons. The third kappa shape index (κ3) is 2.79. The Morgan fingerprint density at radius 3 is 2.67 bits per heavy atom. The lowest BCUT2D eigenvalue weighted by Crippen LogP contribution is -2.39. The number of nitrogens with one attached hydrogen (secondary N) is 1. The molecule has 1 aromatic rings. The monoisotopic (exact) mass is 250 g/mol. The van der Waals surface area contributed by atoms with Gasteiger partial charge in [-0.05, 0) is 19.8 Å². The van der Waals surface area contributed by atoms with E-state index < -0.39 is 0 Å². The summed E-state index contributed by atoms with van der Waals surface area (Å²) in [4.78, 5) is 21.7. The van der Waals surface area contributed by atoms with Crippen LogP contribution in [-0.2, 0) is 4.79 Å². The quantitative estimate of drug-likeness (QED) is 0.700. The minimum atomic E-state index is -0.350. The first-order chi connectivity index (χ1) is 8.56. The van der Waals surface area contributed by atoms with Crippen LogP contribution in [0, 0.1) is 0 Å². The molecule has 1 amide bonds. The van der Waals surface area contributed by atoms with Crippen molar-refractivity contribution in [1.82, 2.24) is 14.9 Å². The van der Waals surface area contributed by atoms with E-state index in [4.69, 9.17) is 11.5 Å². The van der Waals surface area contributed by atoms with Gasteiger partial charge in [-0.2, -0.15) is 9.97 Å². The Hall–Kier alpha value is -2.05. The molecule has 1 fully saturated rings. The highest BCUT2D eigenvalue weighted by Gasteiger charge is 2.23. The third-order valence-electron chi connectivity index (χ3n) is 2.92. The zero-order chi connectivity index (χ0) is 13.1. The van der Waals surface area contributed by atoms with E-state index >= 15 is 0 Å². The van der Waals surface area contributed by atoms with E-state index in [1.54, 1.807) is 13.0 Å². The predicted octanol–water partition coefficient (Wildman–Crippen LogP) is 0.0638. The van der Waals surface area contributed by atoms with Gasteiger partial charge in [-0.15, -0.1) is 0 Å². The van der Waals surface area contributed by atoms with E-state index in [-0.39, 0.29) is 23.7 Å². The van der Waals surface area contributed by atoms with Crippen molar-refractivity contribution in [1.29, 1.82) is 0 Å². The number of rotatable bonds is 3. The number of amides is 1. The summed E-state index contributed by atoms with van der Waals surface area (Å²) < 4.78 is 0. The molecule has 1 aliphatic heterocycles. The molecule has 0 aromatic carbocycles. The predicted molar refractivity (Wildman–Crippen MR) is 69.8 cm³/mol. The Morgan fingerprint density at radius 1 is 1.39 bits per heavy atom. The first-order valence-corrected chi connectivity index (χ1v) is 6.01. The lowest BCUT2D eigenvalue weighted by atomic mass is 10.3. The van der Waals surface area contributed by atoms with Crippen molar-refractivity contribution < 1.29 is 4.79 Å². The van der Waals surface area contributed by atoms with Gasteiger partial charge < -0.3 is 21.7 Å². The molecular weight excluding hydrogens is 232 g/mol. The standard InChI is InChI=1S/C11H18N6O/c1-7(10(18)17-4-2-3-5-17)14-9-6-8(12)15-11(13)16-9/h6-7H,2-5H2,1H3,(H5,12,13,14,15,16). The number of nitrogens with zero attached hydrogens (tertiary/aromatic N) is 3. The Balaban J connectivity index is 2.01. The van der Waals surface area contributed by atoms with E-state index in [0.29, 0.717) is 5.82 Å². The van der Waals surface area contributed by atoms with Gasteiger partial charge in [0.1, 0.15) is 17.7 Å². The second-order valence-electron chi connectivity index (χ2n) is 4.43. The summed E-state index contributed by atoms with van der Waals surface area (Å²) in [6.45, 7) is 3.47. The lowest BCUT2D eigenvalue weighted by molar-refractivity contribution is -0.130. The first-order valence-electron chi connectivity index (χ1n) is 6.01. The topological polar surface area (TPSA) is 110 Å². The van der Waals surface area contributed by atoms with E-state index in [9.17, 15) is 4.79 Å². The van der Waals surface area contributed by atoms with Crippen LogP contribution in [-0.4, -0.2) is 39.9 Å². The average Bonchev–Trinajstić information content (AvgIpc) is 2.79. The number of aromatic nitrogens is 2. The Morgan fingerprint density at radius 2 is 2.06 bits per heavy atom. The number of hydrogen-bond donors (Lipinski definition) is 3. The number of anilines is 3. The normalized spacial score (nSPS) is 16.6. The highest BCUT2D eigenvalue weighted by molar-refractivity contribution is 5.84. The Kier molecular flexibility index (Phi) is 3.50. The molecule has 2 rings (SSSR count). The number of carbonyl (C=O) groups is 1. The fourth-order valence-electron chi connectivity index (χ4n) is 2.05. The van der Waals surface area contributed by atoms with Crippen LogP contribution < -0.4 is 16.8 Å². The van der Waals surface area contributed by atoms with Crippen LogP contribution >= 0.6 is 0 Å². The van der Waals surface area contributed by atoms with Crippen molar-refractivity contribution in [2.24, 2.45) is 0 Å². The van der Waals surface area contributed by atoms with Gasteiger partial charge in [0, 0.05) is 19.2 Å². The van der Waals surface area contributed by atoms with Crippen molar-refractivity contribution >= 4 is 23.5 Å². The van der Waals surface area contributed by atoms with E-state index in [2.05, 4.69) is 15.3 Å². The molecule has 7 heteroatoms. The second kappa shape index (κ2) is 5.07. The van der Waals surface area contributed by atoms with Crippen LogP contribution in [0.25, 0.3) is 0 Å². The van der Waals surface area contributed by atoms with Crippen LogP contribution in [0.15, 0.2) is 6.07 Å². The molecule has 5 N–H and O–H groups in total. The van der Waals surface area contributed by atoms with Gasteiger partial charge in [-0.25, -0.2) is 0 Å². The highest BCUT2D eigenvalue weighted by atomic mass is 16.2. The minimum absolute atomic E-state index is 0.0725. The van der Waals surface area contributed by atoms with Gasteiger partial charge in [-0.1, -0.05) is 0 Å². The molecule has 0 spiro atoms. The van der Waals surface area contributed by atoms with Crippen LogP contribution in [0.4, 0.5) is 17.6 Å². The first kappa shape index (κ1) is 12.4. The van der Waals surface area contributed by atoms with Gasteiger partial charge in [-0.3, -0.25) is 4.79 Å². The molecule has 18 heavy (non-hydrogen) atoms. The van der Waals surface area contributed by atoms with E-state index in [1.165, 1.54) is 0 Å². The van der Waals surface area contributed by atoms with Crippen molar-refractivity contribution in [2.75, 3.05) is 29.9 Å². The summed E-state index contributed by atoms with van der Waals surface area (Å²) in [5.41, 5.74) is 11.1. The van der Waals surface area contributed by atoms with Crippen molar-refractivity contribution in [3.8, 4) is 0 Å². The molecule has 0 saturated carbocycles. The van der Waals surface area contributed by atoms with Gasteiger partial charge in [0.2, 0.25) is 11.9 Å². The largest absolute Gasteiger partial charge is 0.383 e. The summed E-state index contributed by atoms with van der Waals surface area (Å²) in [5.74, 6) is 0.924. The van der Waals surface area contributed by atoms with E-state index in [1.807, 2.05) is 4.90 Å². The number of hydrogen-bond acceptors (Lipinski definition) is 6. The Labute approximate surface area is 106 Å². The fourth-order valence-corrected chi connectivity index (χ4v) is 2.05. The molecular formula is C11H18N6O. The number of carbonyl (C=O) groups excluding carboxylic acids is 1. The number of nitrogens with two attached hydrogens (primary N) is 2. The summed E-state index contributed by atoms with van der Waals surface area (Å²) >= 11 is 0. The van der Waals surface area contributed by atoms with Crippen molar-refractivity contribution in [2.45, 2.75) is 25.8 Å². The highest BCUT2D eigenvalue weighted by Crippen LogP contribution is 2.13. The van der Waals surface area contributed by atoms with Gasteiger partial charge in [0.15, 0.2) is 0 Å². The fraction of sp³-hybridized carbons (Fsp3) is 0.545. The SMILES string of the molecule is CC(Nc1cc(N)nc(N)n1)C(=O)N1CCCC1. The van der Waals surface area contributed by atoms with Crippen molar-refractivity contribution in [3.05, 3.63) is 6.07 Å². The average molecular weight is 250 g/mol. The zero-order valence-corrected chi connectivity index (χ0v) is 10.4. The van der Waals surface area contributed by atoms with E-state index in [0.717, 1.165) is 25.9 Å². The van der Waals surface area contributed by atoms with Crippen LogP contribution in [0.2, 0.25) is 0 Å². The summed E-state index contributed by atoms with van der Waals surface area (Å²) in [6.07, 6.45) is 2.15. The maximum atomic E-state index is 12.1. The van der Waals surface area contributed by atoms with Crippen LogP contribution in [0.1, 0.15) is 19.8 Å². The number of nitrogen functional groups attached to an aromatic ring is 2. The molecule has 2 heterocycles. The van der Waals surface area contributed by atoms with Crippen LogP contribution in [0.5, 0.6) is 0 Å². The molecule has 1 saturated heterocycles. The molecule has 0 radical (unpaired) electrons. The van der Waals surface area contributed by atoms with Crippen LogP contribution in [0.3, 0.4) is 0 Å². The lowest BCUT2D eigenvalue weighted by Gasteiger charge is -2.21. The van der Waals surface area contributed by atoms with Gasteiger partial charge in [0.25, 0.3) is 0 Å². The summed E-state index contributed by atoms with van der Waals surface area (Å²) in [7, 11) is 0.